The largest absolute Gasteiger partial charge is 0.494 e. The van der Waals surface area contributed by atoms with Crippen molar-refractivity contribution < 1.29 is 13.2 Å². The van der Waals surface area contributed by atoms with Gasteiger partial charge in [0.2, 0.25) is 0 Å². The van der Waals surface area contributed by atoms with Crippen LogP contribution in [0.3, 0.4) is 0 Å². The molecule has 0 aromatic heterocycles. The van der Waals surface area contributed by atoms with Gasteiger partial charge in [0, 0.05) is 19.3 Å². The van der Waals surface area contributed by atoms with Crippen molar-refractivity contribution in [2.45, 2.75) is 38.6 Å². The number of rotatable bonds is 9. The second-order valence-electron chi connectivity index (χ2n) is 7.01. The molecule has 0 bridgehead atoms. The lowest BCUT2D eigenvalue weighted by atomic mass is 10.1. The number of nitrogens with zero attached hydrogens (tertiary/aromatic N) is 1. The van der Waals surface area contributed by atoms with Gasteiger partial charge >= 0.3 is 0 Å². The van der Waals surface area contributed by atoms with E-state index >= 15 is 0 Å². The molecule has 2 aromatic rings. The molecule has 0 spiro atoms. The predicted molar refractivity (Wildman–Crippen MR) is 118 cm³/mol. The summed E-state index contributed by atoms with van der Waals surface area (Å²) in [5.41, 5.74) is 2.92. The second-order valence-corrected chi connectivity index (χ2v) is 8.99. The van der Waals surface area contributed by atoms with Crippen LogP contribution in [0.4, 0.5) is 0 Å². The maximum Gasteiger partial charge on any atom is 0.191 e. The molecule has 7 heteroatoms. The Kier molecular flexibility index (Phi) is 8.51. The molecule has 2 rings (SSSR count). The van der Waals surface area contributed by atoms with Gasteiger partial charge in [-0.05, 0) is 56.5 Å². The third kappa shape index (κ3) is 7.77. The van der Waals surface area contributed by atoms with Crippen LogP contribution in [-0.4, -0.2) is 40.3 Å². The number of ether oxygens (including phenoxy) is 1. The Balaban J connectivity index is 1.84. The molecule has 29 heavy (non-hydrogen) atoms. The van der Waals surface area contributed by atoms with Crippen molar-refractivity contribution in [3.05, 3.63) is 59.2 Å². The molecule has 0 unspecified atom stereocenters. The van der Waals surface area contributed by atoms with Crippen molar-refractivity contribution in [2.75, 3.05) is 26.0 Å². The summed E-state index contributed by atoms with van der Waals surface area (Å²) in [5.74, 6) is 1.61. The molecule has 0 fully saturated rings. The van der Waals surface area contributed by atoms with E-state index in [1.54, 1.807) is 13.0 Å². The van der Waals surface area contributed by atoms with E-state index in [4.69, 9.17) is 4.74 Å². The van der Waals surface area contributed by atoms with Gasteiger partial charge in [-0.3, -0.25) is 0 Å². The van der Waals surface area contributed by atoms with Crippen LogP contribution in [0.25, 0.3) is 0 Å². The molecule has 0 aliphatic heterocycles. The van der Waals surface area contributed by atoms with Crippen molar-refractivity contribution >= 4 is 15.8 Å². The van der Waals surface area contributed by atoms with Gasteiger partial charge in [0.25, 0.3) is 0 Å². The van der Waals surface area contributed by atoms with Crippen LogP contribution in [0.1, 0.15) is 30.0 Å². The molecule has 0 aliphatic rings. The number of aliphatic imine (C=N–C) groups is 1. The summed E-state index contributed by atoms with van der Waals surface area (Å²) in [7, 11) is -3.20. The monoisotopic (exact) mass is 417 g/mol. The third-order valence-corrected chi connectivity index (χ3v) is 5.56. The minimum absolute atomic E-state index is 0.365. The lowest BCUT2D eigenvalue weighted by molar-refractivity contribution is 0.311. The Hall–Kier alpha value is -2.54. The number of benzene rings is 2. The van der Waals surface area contributed by atoms with Gasteiger partial charge in [-0.15, -0.1) is 0 Å². The van der Waals surface area contributed by atoms with Crippen LogP contribution in [0, 0.1) is 13.8 Å². The van der Waals surface area contributed by atoms with Crippen molar-refractivity contribution in [1.82, 2.24) is 10.6 Å². The Bertz CT molecular complexity index is 923. The maximum absolute atomic E-state index is 11.7. The Labute approximate surface area is 174 Å². The number of aryl methyl sites for hydroxylation is 2. The first-order valence-electron chi connectivity index (χ1n) is 9.81. The van der Waals surface area contributed by atoms with Gasteiger partial charge in [-0.1, -0.05) is 29.8 Å². The lowest BCUT2D eigenvalue weighted by Gasteiger charge is -2.12. The average molecular weight is 418 g/mol. The summed E-state index contributed by atoms with van der Waals surface area (Å²) in [6, 6.07) is 13.4. The standard InChI is InChI=1S/C22H31N3O3S/c1-5-23-22(24-13-6-14-28-20-10-7-17(2)8-11-20)25-16-19-9-12-21(18(3)15-19)29(4,26)27/h7-12,15H,5-6,13-14,16H2,1-4H3,(H2,23,24,25). The molecular weight excluding hydrogens is 386 g/mol. The van der Waals surface area contributed by atoms with Crippen molar-refractivity contribution in [3.8, 4) is 5.75 Å². The molecule has 0 amide bonds. The topological polar surface area (TPSA) is 79.8 Å². The van der Waals surface area contributed by atoms with E-state index in [0.29, 0.717) is 18.0 Å². The zero-order valence-electron chi connectivity index (χ0n) is 17.7. The van der Waals surface area contributed by atoms with Gasteiger partial charge in [0.1, 0.15) is 5.75 Å². The van der Waals surface area contributed by atoms with E-state index in [2.05, 4.69) is 22.5 Å². The lowest BCUT2D eigenvalue weighted by Crippen LogP contribution is -2.38. The fraction of sp³-hybridized carbons (Fsp3) is 0.409. The molecule has 2 N–H and O–H groups in total. The summed E-state index contributed by atoms with van der Waals surface area (Å²) in [4.78, 5) is 4.95. The summed E-state index contributed by atoms with van der Waals surface area (Å²) >= 11 is 0. The highest BCUT2D eigenvalue weighted by atomic mass is 32.2. The molecule has 2 aromatic carbocycles. The number of nitrogens with one attached hydrogen (secondary N) is 2. The van der Waals surface area contributed by atoms with Crippen LogP contribution in [0.2, 0.25) is 0 Å². The third-order valence-electron chi connectivity index (χ3n) is 4.31. The zero-order chi connectivity index (χ0) is 21.3. The first-order chi connectivity index (χ1) is 13.8. The van der Waals surface area contributed by atoms with E-state index in [-0.39, 0.29) is 0 Å². The molecule has 0 heterocycles. The number of hydrogen-bond donors (Lipinski definition) is 2. The SMILES string of the molecule is CCNC(=NCc1ccc(S(C)(=O)=O)c(C)c1)NCCCOc1ccc(C)cc1. The molecule has 0 saturated heterocycles. The molecule has 6 nitrogen and oxygen atoms in total. The molecule has 0 radical (unpaired) electrons. The smallest absolute Gasteiger partial charge is 0.191 e. The fourth-order valence-electron chi connectivity index (χ4n) is 2.84. The summed E-state index contributed by atoms with van der Waals surface area (Å²) in [6.45, 7) is 8.48. The van der Waals surface area contributed by atoms with Gasteiger partial charge < -0.3 is 15.4 Å². The van der Waals surface area contributed by atoms with Gasteiger partial charge in [-0.2, -0.15) is 0 Å². The Morgan fingerprint density at radius 2 is 1.79 bits per heavy atom. The summed E-state index contributed by atoms with van der Waals surface area (Å²) < 4.78 is 29.2. The first-order valence-corrected chi connectivity index (χ1v) is 11.7. The molecule has 0 aliphatic carbocycles. The van der Waals surface area contributed by atoms with Crippen molar-refractivity contribution in [2.24, 2.45) is 4.99 Å². The van der Waals surface area contributed by atoms with Crippen molar-refractivity contribution in [3.63, 3.8) is 0 Å². The molecule has 158 valence electrons. The van der Waals surface area contributed by atoms with E-state index < -0.39 is 9.84 Å². The van der Waals surface area contributed by atoms with Gasteiger partial charge in [0.15, 0.2) is 15.8 Å². The highest BCUT2D eigenvalue weighted by Gasteiger charge is 2.10. The minimum atomic E-state index is -3.20. The molecule has 0 saturated carbocycles. The first kappa shape index (κ1) is 22.7. The normalized spacial score (nSPS) is 11.9. The average Bonchev–Trinajstić information content (AvgIpc) is 2.66. The fourth-order valence-corrected chi connectivity index (χ4v) is 3.80. The zero-order valence-corrected chi connectivity index (χ0v) is 18.5. The molecular formula is C22H31N3O3S. The number of sulfone groups is 1. The predicted octanol–water partition coefficient (Wildman–Crippen LogP) is 3.23. The van der Waals surface area contributed by atoms with Crippen LogP contribution < -0.4 is 15.4 Å². The highest BCUT2D eigenvalue weighted by molar-refractivity contribution is 7.90. The van der Waals surface area contributed by atoms with Gasteiger partial charge in [0.05, 0.1) is 18.0 Å². The van der Waals surface area contributed by atoms with Crippen LogP contribution in [0.15, 0.2) is 52.4 Å². The highest BCUT2D eigenvalue weighted by Crippen LogP contribution is 2.17. The number of guanidine groups is 1. The second kappa shape index (κ2) is 10.9. The van der Waals surface area contributed by atoms with Crippen LogP contribution in [0.5, 0.6) is 5.75 Å². The Morgan fingerprint density at radius 1 is 1.07 bits per heavy atom. The number of hydrogen-bond acceptors (Lipinski definition) is 4. The van der Waals surface area contributed by atoms with Crippen LogP contribution >= 0.6 is 0 Å². The van der Waals surface area contributed by atoms with E-state index in [1.165, 1.54) is 11.8 Å². The maximum atomic E-state index is 11.7. The Morgan fingerprint density at radius 3 is 2.41 bits per heavy atom. The summed E-state index contributed by atoms with van der Waals surface area (Å²) in [6.07, 6.45) is 2.07. The van der Waals surface area contributed by atoms with E-state index in [9.17, 15) is 8.42 Å². The van der Waals surface area contributed by atoms with E-state index in [0.717, 1.165) is 42.3 Å². The molecule has 0 atom stereocenters. The summed E-state index contributed by atoms with van der Waals surface area (Å²) in [5, 5.41) is 6.52. The minimum Gasteiger partial charge on any atom is -0.494 e. The van der Waals surface area contributed by atoms with Gasteiger partial charge in [-0.25, -0.2) is 13.4 Å². The van der Waals surface area contributed by atoms with Crippen LogP contribution in [-0.2, 0) is 16.4 Å². The van der Waals surface area contributed by atoms with Crippen molar-refractivity contribution in [1.29, 1.82) is 0 Å². The quantitative estimate of drug-likeness (QED) is 0.372. The van der Waals surface area contributed by atoms with E-state index in [1.807, 2.05) is 43.3 Å².